The number of benzene rings is 2. The first kappa shape index (κ1) is 21.6. The normalized spacial score (nSPS) is 22.6. The lowest BCUT2D eigenvalue weighted by Crippen LogP contribution is -2.39. The molecule has 1 amide bonds. The highest BCUT2D eigenvalue weighted by Crippen LogP contribution is 2.33. The van der Waals surface area contributed by atoms with Gasteiger partial charge in [0, 0.05) is 24.2 Å². The number of hydrogen-bond donors (Lipinski definition) is 2. The summed E-state index contributed by atoms with van der Waals surface area (Å²) in [5.74, 6) is 1.00. The third-order valence-corrected chi connectivity index (χ3v) is 5.81. The highest BCUT2D eigenvalue weighted by Gasteiger charge is 2.34. The number of rotatable bonds is 6. The van der Waals surface area contributed by atoms with Crippen LogP contribution in [0, 0.1) is 18.7 Å². The molecular weight excluding hydrogens is 391 g/mol. The SMILES string of the molecule is Cc1cc(OCc2cccc(F)c2)ccc1NC(=O)CC1CC2CCC(C1)N2.Cl. The van der Waals surface area contributed by atoms with Gasteiger partial charge in [-0.1, -0.05) is 12.1 Å². The van der Waals surface area contributed by atoms with E-state index in [-0.39, 0.29) is 24.1 Å². The molecule has 2 aromatic carbocycles. The fourth-order valence-electron chi connectivity index (χ4n) is 4.46. The van der Waals surface area contributed by atoms with E-state index in [9.17, 15) is 9.18 Å². The van der Waals surface area contributed by atoms with Gasteiger partial charge < -0.3 is 15.4 Å². The number of carbonyl (C=O) groups excluding carboxylic acids is 1. The van der Waals surface area contributed by atoms with E-state index in [1.54, 1.807) is 6.07 Å². The maximum absolute atomic E-state index is 13.2. The standard InChI is InChI=1S/C23H27FN2O2.ClH/c1-15-9-21(28-14-16-3-2-4-18(24)10-16)7-8-22(15)26-23(27)13-17-11-19-5-6-20(12-17)25-19;/h2-4,7-10,17,19-20,25H,5-6,11-14H2,1H3,(H,26,27);1H. The second-order valence-electron chi connectivity index (χ2n) is 8.12. The Morgan fingerprint density at radius 1 is 1.17 bits per heavy atom. The van der Waals surface area contributed by atoms with Crippen LogP contribution in [-0.2, 0) is 11.4 Å². The van der Waals surface area contributed by atoms with Crippen molar-refractivity contribution in [3.05, 3.63) is 59.4 Å². The average molecular weight is 419 g/mol. The van der Waals surface area contributed by atoms with E-state index in [0.29, 0.717) is 36.8 Å². The van der Waals surface area contributed by atoms with E-state index in [4.69, 9.17) is 4.74 Å². The maximum atomic E-state index is 13.2. The van der Waals surface area contributed by atoms with Crippen LogP contribution < -0.4 is 15.4 Å². The average Bonchev–Trinajstić information content (AvgIpc) is 3.00. The van der Waals surface area contributed by atoms with Crippen LogP contribution in [-0.4, -0.2) is 18.0 Å². The minimum atomic E-state index is -0.267. The van der Waals surface area contributed by atoms with Gasteiger partial charge in [0.15, 0.2) is 0 Å². The highest BCUT2D eigenvalue weighted by molar-refractivity contribution is 5.91. The van der Waals surface area contributed by atoms with Gasteiger partial charge in [0.25, 0.3) is 0 Å². The van der Waals surface area contributed by atoms with Gasteiger partial charge in [-0.15, -0.1) is 12.4 Å². The number of nitrogens with one attached hydrogen (secondary N) is 2. The van der Waals surface area contributed by atoms with Gasteiger partial charge in [0.2, 0.25) is 5.91 Å². The fourth-order valence-corrected chi connectivity index (χ4v) is 4.46. The molecule has 2 saturated heterocycles. The summed E-state index contributed by atoms with van der Waals surface area (Å²) >= 11 is 0. The molecule has 2 aliphatic rings. The Morgan fingerprint density at radius 2 is 1.93 bits per heavy atom. The van der Waals surface area contributed by atoms with Crippen molar-refractivity contribution in [3.63, 3.8) is 0 Å². The Labute approximate surface area is 177 Å². The summed E-state index contributed by atoms with van der Waals surface area (Å²) in [6.07, 6.45) is 5.30. The first-order valence-electron chi connectivity index (χ1n) is 10.1. The van der Waals surface area contributed by atoms with Crippen LogP contribution in [0.15, 0.2) is 42.5 Å². The second-order valence-corrected chi connectivity index (χ2v) is 8.12. The number of halogens is 2. The van der Waals surface area contributed by atoms with Crippen LogP contribution in [0.4, 0.5) is 10.1 Å². The quantitative estimate of drug-likeness (QED) is 0.694. The van der Waals surface area contributed by atoms with Gasteiger partial charge in [-0.05, 0) is 80.0 Å². The van der Waals surface area contributed by atoms with Gasteiger partial charge in [-0.2, -0.15) is 0 Å². The largest absolute Gasteiger partial charge is 0.489 e. The fraction of sp³-hybridized carbons (Fsp3) is 0.435. The molecule has 4 nitrogen and oxygen atoms in total. The zero-order valence-corrected chi connectivity index (χ0v) is 17.4. The third kappa shape index (κ3) is 5.71. The topological polar surface area (TPSA) is 50.4 Å². The molecule has 2 aliphatic heterocycles. The van der Waals surface area contributed by atoms with Crippen LogP contribution in [0.1, 0.15) is 43.2 Å². The van der Waals surface area contributed by atoms with Crippen LogP contribution in [0.25, 0.3) is 0 Å². The number of ether oxygens (including phenoxy) is 1. The molecule has 0 saturated carbocycles. The monoisotopic (exact) mass is 418 g/mol. The summed E-state index contributed by atoms with van der Waals surface area (Å²) in [7, 11) is 0. The van der Waals surface area contributed by atoms with E-state index in [1.807, 2.05) is 31.2 Å². The lowest BCUT2D eigenvalue weighted by Gasteiger charge is -2.28. The summed E-state index contributed by atoms with van der Waals surface area (Å²) in [6, 6.07) is 13.2. The molecule has 4 rings (SSSR count). The molecule has 0 radical (unpaired) electrons. The van der Waals surface area contributed by atoms with E-state index in [1.165, 1.54) is 25.0 Å². The molecule has 0 aromatic heterocycles. The second kappa shape index (κ2) is 9.59. The molecule has 29 heavy (non-hydrogen) atoms. The number of amides is 1. The number of anilines is 1. The van der Waals surface area contributed by atoms with Gasteiger partial charge in [0.1, 0.15) is 18.2 Å². The molecule has 2 atom stereocenters. The first-order valence-corrected chi connectivity index (χ1v) is 10.1. The Bertz CT molecular complexity index is 849. The number of aryl methyl sites for hydroxylation is 1. The number of carbonyl (C=O) groups is 1. The summed E-state index contributed by atoms with van der Waals surface area (Å²) in [4.78, 5) is 12.5. The molecule has 2 bridgehead atoms. The van der Waals surface area contributed by atoms with Crippen molar-refractivity contribution in [1.29, 1.82) is 0 Å². The number of hydrogen-bond acceptors (Lipinski definition) is 3. The van der Waals surface area contributed by atoms with Crippen molar-refractivity contribution < 1.29 is 13.9 Å². The Kier molecular flexibility index (Phi) is 7.14. The Hall–Kier alpha value is -2.11. The molecule has 0 spiro atoms. The molecule has 2 N–H and O–H groups in total. The maximum Gasteiger partial charge on any atom is 0.224 e. The third-order valence-electron chi connectivity index (χ3n) is 5.81. The van der Waals surface area contributed by atoms with Crippen molar-refractivity contribution >= 4 is 24.0 Å². The summed E-state index contributed by atoms with van der Waals surface area (Å²) < 4.78 is 19.0. The lowest BCUT2D eigenvalue weighted by molar-refractivity contribution is -0.117. The van der Waals surface area contributed by atoms with Crippen molar-refractivity contribution in [2.45, 2.75) is 57.7 Å². The van der Waals surface area contributed by atoms with Gasteiger partial charge in [0.05, 0.1) is 0 Å². The Morgan fingerprint density at radius 3 is 2.62 bits per heavy atom. The Balaban J connectivity index is 0.00000240. The van der Waals surface area contributed by atoms with Crippen molar-refractivity contribution in [1.82, 2.24) is 5.32 Å². The minimum absolute atomic E-state index is 0. The van der Waals surface area contributed by atoms with Crippen LogP contribution in [0.2, 0.25) is 0 Å². The van der Waals surface area contributed by atoms with E-state index in [2.05, 4.69) is 10.6 Å². The number of fused-ring (bicyclic) bond motifs is 2. The highest BCUT2D eigenvalue weighted by atomic mass is 35.5. The first-order chi connectivity index (χ1) is 13.5. The molecule has 6 heteroatoms. The molecule has 2 aromatic rings. The smallest absolute Gasteiger partial charge is 0.224 e. The van der Waals surface area contributed by atoms with Crippen molar-refractivity contribution in [2.75, 3.05) is 5.32 Å². The van der Waals surface area contributed by atoms with Gasteiger partial charge in [-0.25, -0.2) is 4.39 Å². The van der Waals surface area contributed by atoms with Crippen LogP contribution >= 0.6 is 12.4 Å². The van der Waals surface area contributed by atoms with E-state index in [0.717, 1.165) is 29.7 Å². The predicted molar refractivity (Wildman–Crippen MR) is 115 cm³/mol. The molecule has 2 fully saturated rings. The molecule has 0 aliphatic carbocycles. The van der Waals surface area contributed by atoms with Crippen LogP contribution in [0.3, 0.4) is 0 Å². The van der Waals surface area contributed by atoms with Crippen molar-refractivity contribution in [2.24, 2.45) is 5.92 Å². The molecule has 2 unspecified atom stereocenters. The van der Waals surface area contributed by atoms with Gasteiger partial charge >= 0.3 is 0 Å². The molecule has 2 heterocycles. The number of piperidine rings is 1. The summed E-state index contributed by atoms with van der Waals surface area (Å²) in [5, 5.41) is 6.67. The van der Waals surface area contributed by atoms with Gasteiger partial charge in [-0.3, -0.25) is 4.79 Å². The minimum Gasteiger partial charge on any atom is -0.489 e. The summed E-state index contributed by atoms with van der Waals surface area (Å²) in [5.41, 5.74) is 2.56. The molecular formula is C23H28ClFN2O2. The predicted octanol–water partition coefficient (Wildman–Crippen LogP) is 4.99. The zero-order chi connectivity index (χ0) is 19.5. The summed E-state index contributed by atoms with van der Waals surface area (Å²) in [6.45, 7) is 2.26. The zero-order valence-electron chi connectivity index (χ0n) is 16.6. The lowest BCUT2D eigenvalue weighted by atomic mass is 9.89. The van der Waals surface area contributed by atoms with Crippen molar-refractivity contribution in [3.8, 4) is 5.75 Å². The van der Waals surface area contributed by atoms with E-state index >= 15 is 0 Å². The molecule has 156 valence electrons. The van der Waals surface area contributed by atoms with E-state index < -0.39 is 0 Å². The van der Waals surface area contributed by atoms with Crippen LogP contribution in [0.5, 0.6) is 5.75 Å².